The first-order valence-electron chi connectivity index (χ1n) is 4.30. The van der Waals surface area contributed by atoms with Gasteiger partial charge in [0.25, 0.3) is 0 Å². The number of pyridine rings is 1. The monoisotopic (exact) mass is 173 g/mol. The topological polar surface area (TPSA) is 33.1 Å². The Morgan fingerprint density at radius 1 is 1.23 bits per heavy atom. The molecule has 0 bridgehead atoms. The maximum atomic E-state index is 9.32. The fourth-order valence-electron chi connectivity index (χ4n) is 1.33. The molecule has 0 amide bonds. The second-order valence-corrected chi connectivity index (χ2v) is 3.13. The second-order valence-electron chi connectivity index (χ2n) is 3.13. The van der Waals surface area contributed by atoms with Gasteiger partial charge in [0.1, 0.15) is 0 Å². The highest BCUT2D eigenvalue weighted by atomic mass is 16.3. The average molecular weight is 173 g/mol. The number of nitrogens with zero attached hydrogens (tertiary/aromatic N) is 1. The lowest BCUT2D eigenvalue weighted by molar-refractivity contribution is 0.194. The van der Waals surface area contributed by atoms with Gasteiger partial charge in [0.15, 0.2) is 0 Å². The zero-order valence-corrected chi connectivity index (χ0v) is 7.44. The third-order valence-electron chi connectivity index (χ3n) is 2.08. The largest absolute Gasteiger partial charge is 0.387 e. The van der Waals surface area contributed by atoms with E-state index in [-0.39, 0.29) is 0 Å². The van der Waals surface area contributed by atoms with Gasteiger partial charge < -0.3 is 5.11 Å². The number of aliphatic hydroxyl groups excluding tert-OH is 1. The summed E-state index contributed by atoms with van der Waals surface area (Å²) in [5.41, 5.74) is 0.721. The molecule has 66 valence electrons. The van der Waals surface area contributed by atoms with Crippen LogP contribution in [0.1, 0.15) is 18.7 Å². The van der Waals surface area contributed by atoms with E-state index in [1.807, 2.05) is 30.3 Å². The molecular weight excluding hydrogens is 162 g/mol. The molecule has 2 aromatic rings. The minimum absolute atomic E-state index is 0.496. The molecule has 2 rings (SSSR count). The molecule has 2 nitrogen and oxygen atoms in total. The molecule has 0 radical (unpaired) electrons. The lowest BCUT2D eigenvalue weighted by Crippen LogP contribution is -1.94. The molecule has 13 heavy (non-hydrogen) atoms. The number of aromatic nitrogens is 1. The van der Waals surface area contributed by atoms with E-state index in [1.54, 1.807) is 13.1 Å². The van der Waals surface area contributed by atoms with Crippen LogP contribution in [-0.2, 0) is 0 Å². The van der Waals surface area contributed by atoms with E-state index in [0.717, 1.165) is 16.5 Å². The van der Waals surface area contributed by atoms with E-state index < -0.39 is 6.10 Å². The standard InChI is InChI=1S/C11H11NO/c1-8(13)11-6-9-4-2-3-5-10(9)7-12-11/h2-8,13H,1H3. The number of fused-ring (bicyclic) bond motifs is 1. The van der Waals surface area contributed by atoms with E-state index in [4.69, 9.17) is 0 Å². The summed E-state index contributed by atoms with van der Waals surface area (Å²) in [6.45, 7) is 1.72. The van der Waals surface area contributed by atoms with E-state index in [9.17, 15) is 5.11 Å². The Balaban J connectivity index is 2.62. The van der Waals surface area contributed by atoms with Crippen molar-refractivity contribution in [2.75, 3.05) is 0 Å². The van der Waals surface area contributed by atoms with Gasteiger partial charge in [0, 0.05) is 11.6 Å². The number of rotatable bonds is 1. The molecule has 2 heteroatoms. The number of aliphatic hydroxyl groups is 1. The van der Waals surface area contributed by atoms with Gasteiger partial charge in [-0.3, -0.25) is 4.98 Å². The van der Waals surface area contributed by atoms with Gasteiger partial charge in [0.2, 0.25) is 0 Å². The molecule has 1 atom stereocenters. The van der Waals surface area contributed by atoms with Gasteiger partial charge in [0.05, 0.1) is 11.8 Å². The van der Waals surface area contributed by atoms with Crippen LogP contribution in [-0.4, -0.2) is 10.1 Å². The molecule has 0 aliphatic carbocycles. The maximum Gasteiger partial charge on any atom is 0.0931 e. The summed E-state index contributed by atoms with van der Waals surface area (Å²) in [7, 11) is 0. The van der Waals surface area contributed by atoms with Crippen molar-refractivity contribution in [1.29, 1.82) is 0 Å². The average Bonchev–Trinajstić information content (AvgIpc) is 2.17. The van der Waals surface area contributed by atoms with E-state index in [2.05, 4.69) is 4.98 Å². The molecule has 1 N–H and O–H groups in total. The van der Waals surface area contributed by atoms with E-state index in [0.29, 0.717) is 0 Å². The predicted molar refractivity (Wildman–Crippen MR) is 52.4 cm³/mol. The van der Waals surface area contributed by atoms with Crippen LogP contribution >= 0.6 is 0 Å². The molecule has 0 aliphatic rings. The van der Waals surface area contributed by atoms with Crippen molar-refractivity contribution in [2.45, 2.75) is 13.0 Å². The lowest BCUT2D eigenvalue weighted by atomic mass is 10.1. The molecule has 0 spiro atoms. The SMILES string of the molecule is CC(O)c1cc2ccccc2cn1. The van der Waals surface area contributed by atoms with Gasteiger partial charge in [-0.05, 0) is 18.4 Å². The fourth-order valence-corrected chi connectivity index (χ4v) is 1.33. The number of hydrogen-bond acceptors (Lipinski definition) is 2. The minimum Gasteiger partial charge on any atom is -0.387 e. The van der Waals surface area contributed by atoms with Crippen LogP contribution in [0.5, 0.6) is 0 Å². The Hall–Kier alpha value is -1.41. The Kier molecular flexibility index (Phi) is 1.99. The molecular formula is C11H11NO. The molecule has 0 saturated carbocycles. The first kappa shape index (κ1) is 8.20. The predicted octanol–water partition coefficient (Wildman–Crippen LogP) is 2.29. The third kappa shape index (κ3) is 1.53. The van der Waals surface area contributed by atoms with Gasteiger partial charge >= 0.3 is 0 Å². The van der Waals surface area contributed by atoms with Crippen molar-refractivity contribution < 1.29 is 5.11 Å². The summed E-state index contributed by atoms with van der Waals surface area (Å²) < 4.78 is 0. The Morgan fingerprint density at radius 2 is 1.92 bits per heavy atom. The molecule has 0 aliphatic heterocycles. The first-order chi connectivity index (χ1) is 6.27. The van der Waals surface area contributed by atoms with Crippen LogP contribution in [0.25, 0.3) is 10.8 Å². The molecule has 1 heterocycles. The van der Waals surface area contributed by atoms with Crippen LogP contribution < -0.4 is 0 Å². The molecule has 1 aromatic carbocycles. The lowest BCUT2D eigenvalue weighted by Gasteiger charge is -2.04. The van der Waals surface area contributed by atoms with Gasteiger partial charge in [-0.2, -0.15) is 0 Å². The first-order valence-corrected chi connectivity index (χ1v) is 4.30. The Morgan fingerprint density at radius 3 is 2.62 bits per heavy atom. The van der Waals surface area contributed by atoms with Crippen LogP contribution in [0.15, 0.2) is 36.5 Å². The summed E-state index contributed by atoms with van der Waals surface area (Å²) in [6.07, 6.45) is 1.29. The van der Waals surface area contributed by atoms with Crippen LogP contribution in [0, 0.1) is 0 Å². The quantitative estimate of drug-likeness (QED) is 0.717. The molecule has 0 saturated heterocycles. The van der Waals surface area contributed by atoms with Crippen LogP contribution in [0.2, 0.25) is 0 Å². The minimum atomic E-state index is -0.496. The van der Waals surface area contributed by atoms with Crippen molar-refractivity contribution in [3.8, 4) is 0 Å². The summed E-state index contributed by atoms with van der Waals surface area (Å²) in [5, 5.41) is 11.5. The number of hydrogen-bond donors (Lipinski definition) is 1. The van der Waals surface area contributed by atoms with Gasteiger partial charge in [-0.1, -0.05) is 24.3 Å². The summed E-state index contributed by atoms with van der Waals surface area (Å²) in [6, 6.07) is 9.90. The second kappa shape index (κ2) is 3.15. The summed E-state index contributed by atoms with van der Waals surface area (Å²) >= 11 is 0. The van der Waals surface area contributed by atoms with Crippen molar-refractivity contribution in [2.24, 2.45) is 0 Å². The van der Waals surface area contributed by atoms with Gasteiger partial charge in [-0.15, -0.1) is 0 Å². The Labute approximate surface area is 76.9 Å². The molecule has 1 unspecified atom stereocenters. The summed E-state index contributed by atoms with van der Waals surface area (Å²) in [5.74, 6) is 0. The molecule has 0 fully saturated rings. The maximum absolute atomic E-state index is 9.32. The normalized spacial score (nSPS) is 13.1. The Bertz CT molecular complexity index is 423. The highest BCUT2D eigenvalue weighted by Gasteiger charge is 2.02. The highest BCUT2D eigenvalue weighted by Crippen LogP contribution is 2.16. The van der Waals surface area contributed by atoms with Gasteiger partial charge in [-0.25, -0.2) is 0 Å². The number of benzene rings is 1. The van der Waals surface area contributed by atoms with Crippen molar-refractivity contribution in [3.63, 3.8) is 0 Å². The molecule has 1 aromatic heterocycles. The zero-order chi connectivity index (χ0) is 9.26. The fraction of sp³-hybridized carbons (Fsp3) is 0.182. The van der Waals surface area contributed by atoms with E-state index >= 15 is 0 Å². The van der Waals surface area contributed by atoms with Crippen LogP contribution in [0.4, 0.5) is 0 Å². The van der Waals surface area contributed by atoms with Crippen molar-refractivity contribution in [1.82, 2.24) is 4.98 Å². The van der Waals surface area contributed by atoms with Crippen molar-refractivity contribution >= 4 is 10.8 Å². The third-order valence-corrected chi connectivity index (χ3v) is 2.08. The summed E-state index contributed by atoms with van der Waals surface area (Å²) in [4.78, 5) is 4.16. The smallest absolute Gasteiger partial charge is 0.0931 e. The highest BCUT2D eigenvalue weighted by molar-refractivity contribution is 5.81. The van der Waals surface area contributed by atoms with Crippen LogP contribution in [0.3, 0.4) is 0 Å². The zero-order valence-electron chi connectivity index (χ0n) is 7.44. The van der Waals surface area contributed by atoms with Crippen molar-refractivity contribution in [3.05, 3.63) is 42.2 Å². The van der Waals surface area contributed by atoms with E-state index in [1.165, 1.54) is 0 Å².